The van der Waals surface area contributed by atoms with E-state index in [-0.39, 0.29) is 0 Å². The van der Waals surface area contributed by atoms with E-state index >= 15 is 0 Å². The molecule has 4 heterocycles. The number of para-hydroxylation sites is 6. The Hall–Kier alpha value is -6.20. The number of nitrogens with zero attached hydrogens (tertiary/aromatic N) is 5. The average Bonchev–Trinajstić information content (AvgIpc) is 3.75. The van der Waals surface area contributed by atoms with Gasteiger partial charge < -0.3 is 13.7 Å². The molecule has 0 radical (unpaired) electrons. The van der Waals surface area contributed by atoms with E-state index in [0.717, 1.165) is 17.2 Å². The predicted octanol–water partition coefficient (Wildman–Crippen LogP) is 9.95. The molecule has 5 heteroatoms. The number of benzene rings is 6. The molecule has 0 saturated heterocycles. The Kier molecular flexibility index (Phi) is 6.00. The van der Waals surface area contributed by atoms with Crippen LogP contribution < -0.4 is 0 Å². The third-order valence-electron chi connectivity index (χ3n) is 9.86. The van der Waals surface area contributed by atoms with Gasteiger partial charge in [-0.25, -0.2) is 9.97 Å². The van der Waals surface area contributed by atoms with Gasteiger partial charge >= 0.3 is 0 Å². The highest BCUT2D eigenvalue weighted by Gasteiger charge is 2.17. The molecule has 228 valence electrons. The molecule has 10 aromatic rings. The zero-order chi connectivity index (χ0) is 31.6. The first-order valence-corrected chi connectivity index (χ1v) is 16.5. The van der Waals surface area contributed by atoms with Crippen LogP contribution in [-0.4, -0.2) is 23.7 Å². The summed E-state index contributed by atoms with van der Waals surface area (Å²) in [5.74, 6) is 0.815. The SMILES string of the molecule is c1ccc2c(c1)c1ccccc1n2Cc1cc(Cn2c3ccccc3c3ccccc32)nc(Cn2c3ccccc3c3ccccc32)n1. The lowest BCUT2D eigenvalue weighted by Crippen LogP contribution is -2.12. The first-order valence-electron chi connectivity index (χ1n) is 16.5. The standard InChI is InChI=1S/C43H31N5/c1-7-19-37-31(13-1)32-14-2-8-20-38(32)46(37)26-29-25-30(27-47-39-21-9-3-15-33(39)34-16-4-10-22-40(34)47)45-43(44-29)28-48-41-23-11-5-17-35(41)36-18-6-12-24-42(36)48/h1-25H,26-28H2. The first-order chi connectivity index (χ1) is 23.8. The van der Waals surface area contributed by atoms with Crippen molar-refractivity contribution in [3.8, 4) is 0 Å². The minimum absolute atomic E-state index is 0.579. The third-order valence-corrected chi connectivity index (χ3v) is 9.86. The van der Waals surface area contributed by atoms with Gasteiger partial charge in [-0.05, 0) is 42.5 Å². The molecule has 0 aliphatic heterocycles. The van der Waals surface area contributed by atoms with Crippen LogP contribution in [0.1, 0.15) is 17.2 Å². The normalized spacial score (nSPS) is 12.0. The lowest BCUT2D eigenvalue weighted by molar-refractivity contribution is 0.724. The number of rotatable bonds is 6. The van der Waals surface area contributed by atoms with Crippen molar-refractivity contribution in [2.45, 2.75) is 19.6 Å². The fraction of sp³-hybridized carbons (Fsp3) is 0.0698. The van der Waals surface area contributed by atoms with Crippen LogP contribution >= 0.6 is 0 Å². The smallest absolute Gasteiger partial charge is 0.148 e. The average molecular weight is 618 g/mol. The number of hydrogen-bond acceptors (Lipinski definition) is 2. The van der Waals surface area contributed by atoms with Crippen molar-refractivity contribution < 1.29 is 0 Å². The summed E-state index contributed by atoms with van der Waals surface area (Å²) in [4.78, 5) is 10.6. The van der Waals surface area contributed by atoms with Gasteiger partial charge in [-0.1, -0.05) is 109 Å². The van der Waals surface area contributed by atoms with E-state index in [4.69, 9.17) is 9.97 Å². The second-order valence-electron chi connectivity index (χ2n) is 12.6. The van der Waals surface area contributed by atoms with E-state index in [0.29, 0.717) is 19.6 Å². The Morgan fingerprint density at radius 1 is 0.312 bits per heavy atom. The number of fused-ring (bicyclic) bond motifs is 9. The highest BCUT2D eigenvalue weighted by Crippen LogP contribution is 2.32. The van der Waals surface area contributed by atoms with Crippen LogP contribution in [0.3, 0.4) is 0 Å². The van der Waals surface area contributed by atoms with E-state index in [1.165, 1.54) is 65.4 Å². The van der Waals surface area contributed by atoms with Crippen LogP contribution in [0.15, 0.2) is 152 Å². The molecule has 4 aromatic heterocycles. The summed E-state index contributed by atoms with van der Waals surface area (Å²) in [5, 5.41) is 7.55. The van der Waals surface area contributed by atoms with E-state index in [9.17, 15) is 0 Å². The molecule has 5 nitrogen and oxygen atoms in total. The van der Waals surface area contributed by atoms with Crippen LogP contribution in [0.25, 0.3) is 65.4 Å². The maximum absolute atomic E-state index is 5.30. The Morgan fingerprint density at radius 2 is 0.562 bits per heavy atom. The van der Waals surface area contributed by atoms with Gasteiger partial charge in [0.05, 0.1) is 31.0 Å². The van der Waals surface area contributed by atoms with Crippen molar-refractivity contribution in [2.75, 3.05) is 0 Å². The largest absolute Gasteiger partial charge is 0.334 e. The fourth-order valence-electron chi connectivity index (χ4n) is 7.83. The maximum atomic E-state index is 5.30. The quantitative estimate of drug-likeness (QED) is 0.186. The minimum atomic E-state index is 0.579. The summed E-state index contributed by atoms with van der Waals surface area (Å²) >= 11 is 0. The lowest BCUT2D eigenvalue weighted by atomic mass is 10.2. The van der Waals surface area contributed by atoms with Gasteiger partial charge in [0, 0.05) is 65.4 Å². The topological polar surface area (TPSA) is 40.6 Å². The molecular formula is C43H31N5. The molecule has 0 bridgehead atoms. The maximum Gasteiger partial charge on any atom is 0.148 e. The molecular weight excluding hydrogens is 587 g/mol. The van der Waals surface area contributed by atoms with Crippen molar-refractivity contribution in [3.63, 3.8) is 0 Å². The van der Waals surface area contributed by atoms with Crippen LogP contribution in [0, 0.1) is 0 Å². The molecule has 0 saturated carbocycles. The van der Waals surface area contributed by atoms with Gasteiger partial charge in [-0.15, -0.1) is 0 Å². The molecule has 6 aromatic carbocycles. The molecule has 0 atom stereocenters. The Bertz CT molecular complexity index is 2350. The summed E-state index contributed by atoms with van der Waals surface area (Å²) in [6, 6.07) is 54.2. The van der Waals surface area contributed by atoms with Crippen molar-refractivity contribution in [1.82, 2.24) is 23.7 Å². The number of aromatic nitrogens is 5. The summed E-state index contributed by atoms with van der Waals surface area (Å²) in [7, 11) is 0. The van der Waals surface area contributed by atoms with Crippen LogP contribution in [0.2, 0.25) is 0 Å². The zero-order valence-corrected chi connectivity index (χ0v) is 26.3. The van der Waals surface area contributed by atoms with Crippen molar-refractivity contribution in [1.29, 1.82) is 0 Å². The van der Waals surface area contributed by atoms with Gasteiger partial charge in [0.15, 0.2) is 0 Å². The minimum Gasteiger partial charge on any atom is -0.334 e. The molecule has 0 fully saturated rings. The third kappa shape index (κ3) is 4.17. The van der Waals surface area contributed by atoms with E-state index in [2.05, 4.69) is 165 Å². The summed E-state index contributed by atoms with van der Waals surface area (Å²) < 4.78 is 7.18. The molecule has 0 aliphatic carbocycles. The Morgan fingerprint density at radius 3 is 0.854 bits per heavy atom. The molecule has 0 spiro atoms. The van der Waals surface area contributed by atoms with Gasteiger partial charge in [0.1, 0.15) is 5.82 Å². The van der Waals surface area contributed by atoms with Gasteiger partial charge in [-0.3, -0.25) is 0 Å². The Labute approximate surface area is 276 Å². The lowest BCUT2D eigenvalue weighted by Gasteiger charge is -2.14. The van der Waals surface area contributed by atoms with Gasteiger partial charge in [0.25, 0.3) is 0 Å². The highest BCUT2D eigenvalue weighted by atomic mass is 15.1. The molecule has 0 unspecified atom stereocenters. The summed E-state index contributed by atoms with van der Waals surface area (Å²) in [5.41, 5.74) is 9.25. The van der Waals surface area contributed by atoms with Crippen LogP contribution in [-0.2, 0) is 19.6 Å². The molecule has 48 heavy (non-hydrogen) atoms. The van der Waals surface area contributed by atoms with Crippen molar-refractivity contribution >= 4 is 65.4 Å². The highest BCUT2D eigenvalue weighted by molar-refractivity contribution is 6.09. The Balaban J connectivity index is 1.16. The van der Waals surface area contributed by atoms with Gasteiger partial charge in [-0.2, -0.15) is 0 Å². The van der Waals surface area contributed by atoms with Crippen LogP contribution in [0.4, 0.5) is 0 Å². The summed E-state index contributed by atoms with van der Waals surface area (Å²) in [6.45, 7) is 1.88. The fourth-order valence-corrected chi connectivity index (χ4v) is 7.83. The zero-order valence-electron chi connectivity index (χ0n) is 26.3. The van der Waals surface area contributed by atoms with E-state index in [1.54, 1.807) is 0 Å². The second-order valence-corrected chi connectivity index (χ2v) is 12.6. The van der Waals surface area contributed by atoms with E-state index in [1.807, 2.05) is 0 Å². The first kappa shape index (κ1) is 27.0. The molecule has 0 aliphatic rings. The summed E-state index contributed by atoms with van der Waals surface area (Å²) in [6.07, 6.45) is 0. The monoisotopic (exact) mass is 617 g/mol. The van der Waals surface area contributed by atoms with Crippen LogP contribution in [0.5, 0.6) is 0 Å². The van der Waals surface area contributed by atoms with E-state index < -0.39 is 0 Å². The molecule has 0 amide bonds. The van der Waals surface area contributed by atoms with Gasteiger partial charge in [0.2, 0.25) is 0 Å². The van der Waals surface area contributed by atoms with Crippen molar-refractivity contribution in [3.05, 3.63) is 169 Å². The van der Waals surface area contributed by atoms with Crippen molar-refractivity contribution in [2.24, 2.45) is 0 Å². The second kappa shape index (κ2) is 10.7. The number of hydrogen-bond donors (Lipinski definition) is 0. The molecule has 0 N–H and O–H groups in total. The molecule has 10 rings (SSSR count). The predicted molar refractivity (Wildman–Crippen MR) is 198 cm³/mol.